The highest BCUT2D eigenvalue weighted by atomic mass is 35.5. The van der Waals surface area contributed by atoms with Crippen LogP contribution in [0.15, 0.2) is 24.5 Å². The van der Waals surface area contributed by atoms with Gasteiger partial charge in [0.1, 0.15) is 29.3 Å². The van der Waals surface area contributed by atoms with Gasteiger partial charge in [0.05, 0.1) is 24.9 Å². The summed E-state index contributed by atoms with van der Waals surface area (Å²) < 4.78 is 10.4. The first kappa shape index (κ1) is 19.7. The minimum Gasteiger partial charge on any atom is -0.495 e. The lowest BCUT2D eigenvalue weighted by molar-refractivity contribution is 0.102. The zero-order chi connectivity index (χ0) is 19.1. The smallest absolute Gasteiger partial charge is 0.274 e. The predicted molar refractivity (Wildman–Crippen MR) is 102 cm³/mol. The van der Waals surface area contributed by atoms with Crippen LogP contribution in [0.1, 0.15) is 10.5 Å². The molecule has 0 unspecified atom stereocenters. The Labute approximate surface area is 157 Å². The van der Waals surface area contributed by atoms with Crippen molar-refractivity contribution in [3.05, 3.63) is 35.2 Å². The number of anilines is 2. The number of carbonyl (C=O) groups excluding carboxylic acids is 1. The van der Waals surface area contributed by atoms with E-state index in [-0.39, 0.29) is 5.69 Å². The molecule has 2 N–H and O–H groups in total. The molecular formula is C17H22ClN5O3. The Morgan fingerprint density at radius 2 is 1.88 bits per heavy atom. The zero-order valence-electron chi connectivity index (χ0n) is 15.2. The summed E-state index contributed by atoms with van der Waals surface area (Å²) in [6, 6.07) is 4.76. The van der Waals surface area contributed by atoms with E-state index in [1.807, 2.05) is 19.0 Å². The highest BCUT2D eigenvalue weighted by Crippen LogP contribution is 2.36. The van der Waals surface area contributed by atoms with Gasteiger partial charge in [-0.1, -0.05) is 11.6 Å². The second-order valence-electron chi connectivity index (χ2n) is 5.66. The number of ether oxygens (including phenoxy) is 2. The Bertz CT molecular complexity index is 770. The molecule has 0 aliphatic rings. The van der Waals surface area contributed by atoms with Gasteiger partial charge in [0, 0.05) is 31.3 Å². The summed E-state index contributed by atoms with van der Waals surface area (Å²) in [4.78, 5) is 22.7. The maximum absolute atomic E-state index is 12.5. The van der Waals surface area contributed by atoms with Crippen molar-refractivity contribution in [1.82, 2.24) is 14.9 Å². The highest BCUT2D eigenvalue weighted by molar-refractivity contribution is 6.32. The number of aromatic nitrogens is 2. The number of nitrogens with one attached hydrogen (secondary N) is 2. The first-order valence-corrected chi connectivity index (χ1v) is 8.26. The summed E-state index contributed by atoms with van der Waals surface area (Å²) in [7, 11) is 6.95. The van der Waals surface area contributed by atoms with Crippen LogP contribution < -0.4 is 20.1 Å². The zero-order valence-corrected chi connectivity index (χ0v) is 15.9. The minimum atomic E-state index is -0.397. The van der Waals surface area contributed by atoms with E-state index in [2.05, 4.69) is 20.6 Å². The van der Waals surface area contributed by atoms with Crippen molar-refractivity contribution in [2.45, 2.75) is 0 Å². The molecule has 26 heavy (non-hydrogen) atoms. The quantitative estimate of drug-likeness (QED) is 0.727. The Morgan fingerprint density at radius 3 is 2.54 bits per heavy atom. The standard InChI is InChI=1S/C17H22ClN5O3/c1-23(2)6-5-19-16-9-13(20-10-21-16)17(24)22-12-8-14(25-3)11(18)7-15(12)26-4/h7-10H,5-6H2,1-4H3,(H,22,24)(H,19,20,21). The average Bonchev–Trinajstić information content (AvgIpc) is 2.62. The third-order valence-electron chi connectivity index (χ3n) is 3.49. The van der Waals surface area contributed by atoms with Crippen LogP contribution in [0.25, 0.3) is 0 Å². The molecule has 2 aromatic rings. The largest absolute Gasteiger partial charge is 0.495 e. The fourth-order valence-electron chi connectivity index (χ4n) is 2.13. The van der Waals surface area contributed by atoms with Gasteiger partial charge in [0.25, 0.3) is 5.91 Å². The van der Waals surface area contributed by atoms with Crippen LogP contribution in [0, 0.1) is 0 Å². The molecule has 0 atom stereocenters. The van der Waals surface area contributed by atoms with Gasteiger partial charge in [-0.2, -0.15) is 0 Å². The van der Waals surface area contributed by atoms with Gasteiger partial charge in [0.15, 0.2) is 0 Å². The number of benzene rings is 1. The molecule has 1 amide bonds. The van der Waals surface area contributed by atoms with Crippen molar-refractivity contribution < 1.29 is 14.3 Å². The number of halogens is 1. The van der Waals surface area contributed by atoms with E-state index < -0.39 is 5.91 Å². The SMILES string of the molecule is COc1cc(NC(=O)c2cc(NCCN(C)C)ncn2)c(OC)cc1Cl. The monoisotopic (exact) mass is 379 g/mol. The molecule has 0 aliphatic carbocycles. The van der Waals surface area contributed by atoms with E-state index in [1.54, 1.807) is 18.2 Å². The summed E-state index contributed by atoms with van der Waals surface area (Å²) >= 11 is 6.08. The fourth-order valence-corrected chi connectivity index (χ4v) is 2.36. The normalized spacial score (nSPS) is 10.5. The van der Waals surface area contributed by atoms with Crippen molar-refractivity contribution in [2.24, 2.45) is 0 Å². The maximum atomic E-state index is 12.5. The summed E-state index contributed by atoms with van der Waals surface area (Å²) in [6.07, 6.45) is 1.34. The molecule has 0 saturated heterocycles. The number of nitrogens with zero attached hydrogens (tertiary/aromatic N) is 3. The molecule has 2 rings (SSSR count). The van der Waals surface area contributed by atoms with Crippen LogP contribution >= 0.6 is 11.6 Å². The highest BCUT2D eigenvalue weighted by Gasteiger charge is 2.15. The van der Waals surface area contributed by atoms with Crippen LogP contribution in [-0.4, -0.2) is 62.2 Å². The lowest BCUT2D eigenvalue weighted by Gasteiger charge is -2.13. The second kappa shape index (κ2) is 9.21. The second-order valence-corrected chi connectivity index (χ2v) is 6.07. The van der Waals surface area contributed by atoms with Crippen molar-refractivity contribution in [1.29, 1.82) is 0 Å². The van der Waals surface area contributed by atoms with E-state index in [1.165, 1.54) is 20.5 Å². The number of carbonyl (C=O) groups is 1. The minimum absolute atomic E-state index is 0.225. The van der Waals surface area contributed by atoms with Gasteiger partial charge in [-0.3, -0.25) is 4.79 Å². The van der Waals surface area contributed by atoms with Crippen molar-refractivity contribution >= 4 is 29.0 Å². The number of hydrogen-bond acceptors (Lipinski definition) is 7. The summed E-state index contributed by atoms with van der Waals surface area (Å²) in [5.41, 5.74) is 0.655. The van der Waals surface area contributed by atoms with Crippen molar-refractivity contribution in [2.75, 3.05) is 52.0 Å². The predicted octanol–water partition coefficient (Wildman–Crippen LogP) is 2.37. The molecule has 0 spiro atoms. The molecule has 0 saturated carbocycles. The molecule has 9 heteroatoms. The molecule has 0 radical (unpaired) electrons. The van der Waals surface area contributed by atoms with Crippen LogP contribution in [0.5, 0.6) is 11.5 Å². The molecule has 1 aromatic carbocycles. The van der Waals surface area contributed by atoms with Crippen LogP contribution in [0.4, 0.5) is 11.5 Å². The number of likely N-dealkylation sites (N-methyl/N-ethyl adjacent to an activating group) is 1. The molecule has 140 valence electrons. The summed E-state index contributed by atoms with van der Waals surface area (Å²) in [6.45, 7) is 1.54. The number of amides is 1. The first-order valence-electron chi connectivity index (χ1n) is 7.88. The summed E-state index contributed by atoms with van der Waals surface area (Å²) in [5.74, 6) is 1.03. The van der Waals surface area contributed by atoms with E-state index in [0.29, 0.717) is 34.6 Å². The number of rotatable bonds is 8. The lowest BCUT2D eigenvalue weighted by atomic mass is 10.2. The topological polar surface area (TPSA) is 88.6 Å². The van der Waals surface area contributed by atoms with E-state index in [0.717, 1.165) is 6.54 Å². The molecule has 1 aromatic heterocycles. The third-order valence-corrected chi connectivity index (χ3v) is 3.78. The average molecular weight is 380 g/mol. The van der Waals surface area contributed by atoms with E-state index in [9.17, 15) is 4.79 Å². The fraction of sp³-hybridized carbons (Fsp3) is 0.353. The van der Waals surface area contributed by atoms with E-state index >= 15 is 0 Å². The number of methoxy groups -OCH3 is 2. The Hall–Kier alpha value is -2.58. The van der Waals surface area contributed by atoms with Crippen LogP contribution in [-0.2, 0) is 0 Å². The third kappa shape index (κ3) is 5.21. The van der Waals surface area contributed by atoms with Gasteiger partial charge in [-0.25, -0.2) is 9.97 Å². The van der Waals surface area contributed by atoms with Gasteiger partial charge < -0.3 is 25.0 Å². The van der Waals surface area contributed by atoms with Gasteiger partial charge in [-0.15, -0.1) is 0 Å². The molecule has 0 fully saturated rings. The molecule has 0 bridgehead atoms. The van der Waals surface area contributed by atoms with Crippen molar-refractivity contribution in [3.63, 3.8) is 0 Å². The summed E-state index contributed by atoms with van der Waals surface area (Å²) in [5, 5.41) is 6.29. The number of hydrogen-bond donors (Lipinski definition) is 2. The molecule has 1 heterocycles. The molecule has 8 nitrogen and oxygen atoms in total. The Morgan fingerprint density at radius 1 is 1.15 bits per heavy atom. The van der Waals surface area contributed by atoms with Gasteiger partial charge >= 0.3 is 0 Å². The Balaban J connectivity index is 2.15. The lowest BCUT2D eigenvalue weighted by Crippen LogP contribution is -2.21. The van der Waals surface area contributed by atoms with E-state index in [4.69, 9.17) is 21.1 Å². The molecule has 0 aliphatic heterocycles. The maximum Gasteiger partial charge on any atom is 0.274 e. The van der Waals surface area contributed by atoms with Gasteiger partial charge in [-0.05, 0) is 14.1 Å². The van der Waals surface area contributed by atoms with Gasteiger partial charge in [0.2, 0.25) is 0 Å². The van der Waals surface area contributed by atoms with Crippen molar-refractivity contribution in [3.8, 4) is 11.5 Å². The van der Waals surface area contributed by atoms with Crippen LogP contribution in [0.2, 0.25) is 5.02 Å². The first-order chi connectivity index (χ1) is 12.4. The molecular weight excluding hydrogens is 358 g/mol. The Kier molecular flexibility index (Phi) is 6.99. The van der Waals surface area contributed by atoms with Crippen LogP contribution in [0.3, 0.4) is 0 Å².